The molecule has 0 bridgehead atoms. The van der Waals surface area contributed by atoms with Crippen LogP contribution >= 0.6 is 11.6 Å². The molecule has 0 aromatic heterocycles. The number of hydrogen-bond acceptors (Lipinski definition) is 5. The SMILES string of the molecule is CC(C)[C@H](NC(=O)[C@H]1COc2ccccc2O1)C(=O)N1CCN(c2cccc(Cl)c2)CC1. The van der Waals surface area contributed by atoms with Crippen molar-refractivity contribution >= 4 is 29.1 Å². The lowest BCUT2D eigenvalue weighted by molar-refractivity contribution is -0.140. The van der Waals surface area contributed by atoms with Crippen LogP contribution in [0.4, 0.5) is 5.69 Å². The summed E-state index contributed by atoms with van der Waals surface area (Å²) < 4.78 is 11.4. The van der Waals surface area contributed by atoms with Gasteiger partial charge in [-0.2, -0.15) is 0 Å². The smallest absolute Gasteiger partial charge is 0.265 e. The molecule has 2 aliphatic heterocycles. The van der Waals surface area contributed by atoms with Gasteiger partial charge in [-0.3, -0.25) is 9.59 Å². The van der Waals surface area contributed by atoms with Gasteiger partial charge in [0.1, 0.15) is 12.6 Å². The standard InChI is InChI=1S/C24H28ClN3O4/c1-16(2)22(26-23(29)21-15-31-19-8-3-4-9-20(19)32-21)24(30)28-12-10-27(11-13-28)18-7-5-6-17(25)14-18/h3-9,14,16,21-22H,10-13,15H2,1-2H3,(H,26,29)/t21-,22+/m1/s1. The number of carbonyl (C=O) groups is 2. The van der Waals surface area contributed by atoms with E-state index in [1.165, 1.54) is 0 Å². The van der Waals surface area contributed by atoms with Crippen molar-refractivity contribution in [1.82, 2.24) is 10.2 Å². The van der Waals surface area contributed by atoms with Gasteiger partial charge >= 0.3 is 0 Å². The lowest BCUT2D eigenvalue weighted by Crippen LogP contribution is -2.58. The van der Waals surface area contributed by atoms with Crippen LogP contribution < -0.4 is 19.7 Å². The van der Waals surface area contributed by atoms with Crippen LogP contribution in [-0.2, 0) is 9.59 Å². The lowest BCUT2D eigenvalue weighted by Gasteiger charge is -2.38. The molecule has 0 saturated carbocycles. The van der Waals surface area contributed by atoms with Crippen molar-refractivity contribution in [3.8, 4) is 11.5 Å². The second kappa shape index (κ2) is 9.69. The molecule has 0 radical (unpaired) electrons. The second-order valence-corrected chi connectivity index (χ2v) is 8.82. The van der Waals surface area contributed by atoms with Gasteiger partial charge in [0.05, 0.1) is 0 Å². The predicted molar refractivity (Wildman–Crippen MR) is 123 cm³/mol. The zero-order valence-corrected chi connectivity index (χ0v) is 19.0. The predicted octanol–water partition coefficient (Wildman–Crippen LogP) is 2.97. The first-order valence-electron chi connectivity index (χ1n) is 10.9. The van der Waals surface area contributed by atoms with E-state index < -0.39 is 12.1 Å². The van der Waals surface area contributed by atoms with Gasteiger partial charge in [0.25, 0.3) is 5.91 Å². The largest absolute Gasteiger partial charge is 0.485 e. The van der Waals surface area contributed by atoms with Gasteiger partial charge in [-0.25, -0.2) is 0 Å². The molecule has 1 fully saturated rings. The third kappa shape index (κ3) is 4.93. The summed E-state index contributed by atoms with van der Waals surface area (Å²) in [5.74, 6) is 0.670. The average molecular weight is 458 g/mol. The molecular weight excluding hydrogens is 430 g/mol. The Balaban J connectivity index is 1.36. The molecule has 170 valence electrons. The molecule has 1 N–H and O–H groups in total. The van der Waals surface area contributed by atoms with Crippen molar-refractivity contribution < 1.29 is 19.1 Å². The summed E-state index contributed by atoms with van der Waals surface area (Å²) in [6.07, 6.45) is -0.793. The molecule has 1 saturated heterocycles. The highest BCUT2D eigenvalue weighted by Gasteiger charge is 2.34. The molecular formula is C24H28ClN3O4. The van der Waals surface area contributed by atoms with Crippen LogP contribution in [0.15, 0.2) is 48.5 Å². The number of ether oxygens (including phenoxy) is 2. The van der Waals surface area contributed by atoms with Crippen LogP contribution in [-0.4, -0.2) is 61.6 Å². The Labute approximate surface area is 193 Å². The van der Waals surface area contributed by atoms with Crippen LogP contribution in [0.5, 0.6) is 11.5 Å². The van der Waals surface area contributed by atoms with E-state index in [1.54, 1.807) is 12.1 Å². The van der Waals surface area contributed by atoms with Gasteiger partial charge in [0.15, 0.2) is 11.5 Å². The van der Waals surface area contributed by atoms with E-state index in [1.807, 2.05) is 55.1 Å². The van der Waals surface area contributed by atoms with Crippen molar-refractivity contribution in [2.45, 2.75) is 26.0 Å². The van der Waals surface area contributed by atoms with Crippen LogP contribution in [0.25, 0.3) is 0 Å². The topological polar surface area (TPSA) is 71.1 Å². The summed E-state index contributed by atoms with van der Waals surface area (Å²) in [5, 5.41) is 3.59. The first kappa shape index (κ1) is 22.3. The zero-order valence-electron chi connectivity index (χ0n) is 18.3. The van der Waals surface area contributed by atoms with Crippen molar-refractivity contribution in [1.29, 1.82) is 0 Å². The Morgan fingerprint density at radius 2 is 1.75 bits per heavy atom. The molecule has 0 spiro atoms. The number of amides is 2. The Hall–Kier alpha value is -2.93. The minimum Gasteiger partial charge on any atom is -0.485 e. The number of piperazine rings is 1. The van der Waals surface area contributed by atoms with Crippen LogP contribution in [0, 0.1) is 5.92 Å². The number of halogens is 1. The van der Waals surface area contributed by atoms with Gasteiger partial charge in [-0.1, -0.05) is 43.6 Å². The first-order valence-corrected chi connectivity index (χ1v) is 11.3. The highest BCUT2D eigenvalue weighted by molar-refractivity contribution is 6.30. The number of nitrogens with one attached hydrogen (secondary N) is 1. The number of benzene rings is 2. The zero-order chi connectivity index (χ0) is 22.7. The minimum absolute atomic E-state index is 0.0609. The fourth-order valence-corrected chi connectivity index (χ4v) is 4.15. The van der Waals surface area contributed by atoms with E-state index in [9.17, 15) is 9.59 Å². The Bertz CT molecular complexity index is 975. The number of fused-ring (bicyclic) bond motifs is 1. The third-order valence-corrected chi connectivity index (χ3v) is 6.03. The highest BCUT2D eigenvalue weighted by atomic mass is 35.5. The molecule has 2 aromatic carbocycles. The number of para-hydroxylation sites is 2. The van der Waals surface area contributed by atoms with Gasteiger partial charge < -0.3 is 24.6 Å². The summed E-state index contributed by atoms with van der Waals surface area (Å²) >= 11 is 6.11. The molecule has 2 aliphatic rings. The van der Waals surface area contributed by atoms with Crippen LogP contribution in [0.3, 0.4) is 0 Å². The van der Waals surface area contributed by atoms with Gasteiger partial charge in [-0.15, -0.1) is 0 Å². The third-order valence-electron chi connectivity index (χ3n) is 5.80. The maximum Gasteiger partial charge on any atom is 0.265 e. The van der Waals surface area contributed by atoms with Crippen molar-refractivity contribution in [2.75, 3.05) is 37.7 Å². The second-order valence-electron chi connectivity index (χ2n) is 8.39. The lowest BCUT2D eigenvalue weighted by atomic mass is 10.0. The fraction of sp³-hybridized carbons (Fsp3) is 0.417. The minimum atomic E-state index is -0.793. The number of anilines is 1. The number of carbonyl (C=O) groups excluding carboxylic acids is 2. The molecule has 7 nitrogen and oxygen atoms in total. The summed E-state index contributed by atoms with van der Waals surface area (Å²) in [6, 6.07) is 14.3. The molecule has 0 unspecified atom stereocenters. The summed E-state index contributed by atoms with van der Waals surface area (Å²) in [7, 11) is 0. The van der Waals surface area contributed by atoms with Crippen molar-refractivity contribution in [2.24, 2.45) is 5.92 Å². The van der Waals surface area contributed by atoms with Gasteiger partial charge in [-0.05, 0) is 36.2 Å². The van der Waals surface area contributed by atoms with Gasteiger partial charge in [0.2, 0.25) is 12.0 Å². The Morgan fingerprint density at radius 1 is 1.03 bits per heavy atom. The Kier molecular flexibility index (Phi) is 6.74. The first-order chi connectivity index (χ1) is 15.4. The molecule has 8 heteroatoms. The van der Waals surface area contributed by atoms with E-state index in [4.69, 9.17) is 21.1 Å². The maximum atomic E-state index is 13.3. The summed E-state index contributed by atoms with van der Waals surface area (Å²) in [5.41, 5.74) is 1.05. The molecule has 4 rings (SSSR count). The molecule has 2 atom stereocenters. The Morgan fingerprint density at radius 3 is 2.44 bits per heavy atom. The van der Waals surface area contributed by atoms with E-state index in [0.29, 0.717) is 42.7 Å². The fourth-order valence-electron chi connectivity index (χ4n) is 3.96. The molecule has 32 heavy (non-hydrogen) atoms. The molecule has 2 heterocycles. The van der Waals surface area contributed by atoms with E-state index in [-0.39, 0.29) is 24.3 Å². The van der Waals surface area contributed by atoms with Crippen molar-refractivity contribution in [3.63, 3.8) is 0 Å². The highest BCUT2D eigenvalue weighted by Crippen LogP contribution is 2.31. The average Bonchev–Trinajstić information content (AvgIpc) is 2.81. The maximum absolute atomic E-state index is 13.3. The number of hydrogen-bond donors (Lipinski definition) is 1. The van der Waals surface area contributed by atoms with Crippen molar-refractivity contribution in [3.05, 3.63) is 53.6 Å². The van der Waals surface area contributed by atoms with E-state index >= 15 is 0 Å². The number of rotatable bonds is 5. The molecule has 2 aromatic rings. The quantitative estimate of drug-likeness (QED) is 0.747. The normalized spacial score (nSPS) is 18.9. The molecule has 2 amide bonds. The van der Waals surface area contributed by atoms with E-state index in [2.05, 4.69) is 10.2 Å². The van der Waals surface area contributed by atoms with E-state index in [0.717, 1.165) is 5.69 Å². The van der Waals surface area contributed by atoms with Crippen LogP contribution in [0.2, 0.25) is 5.02 Å². The summed E-state index contributed by atoms with van der Waals surface area (Å²) in [6.45, 7) is 6.56. The summed E-state index contributed by atoms with van der Waals surface area (Å²) in [4.78, 5) is 30.2. The van der Waals surface area contributed by atoms with Crippen LogP contribution in [0.1, 0.15) is 13.8 Å². The number of nitrogens with zero attached hydrogens (tertiary/aromatic N) is 2. The molecule has 0 aliphatic carbocycles. The van der Waals surface area contributed by atoms with Gasteiger partial charge in [0, 0.05) is 36.9 Å². The monoisotopic (exact) mass is 457 g/mol.